The Kier molecular flexibility index (Phi) is 5.16. The van der Waals surface area contributed by atoms with Crippen LogP contribution in [0.15, 0.2) is 121 Å². The summed E-state index contributed by atoms with van der Waals surface area (Å²) in [4.78, 5) is 13.7. The van der Waals surface area contributed by atoms with E-state index in [2.05, 4.69) is 94.9 Å². The third kappa shape index (κ3) is 3.72. The van der Waals surface area contributed by atoms with E-state index >= 15 is 0 Å². The van der Waals surface area contributed by atoms with Gasteiger partial charge in [-0.2, -0.15) is 9.97 Å². The van der Waals surface area contributed by atoms with E-state index in [4.69, 9.17) is 16.6 Å². The summed E-state index contributed by atoms with van der Waals surface area (Å²) < 4.78 is 0. The number of halogens is 1. The molecule has 0 saturated heterocycles. The zero-order valence-electron chi connectivity index (χ0n) is 19.8. The van der Waals surface area contributed by atoms with Gasteiger partial charge >= 0.3 is 0 Å². The van der Waals surface area contributed by atoms with Crippen LogP contribution in [0.1, 0.15) is 0 Å². The molecule has 7 aromatic rings. The second kappa shape index (κ2) is 8.81. The molecule has 0 atom stereocenters. The molecule has 0 aliphatic heterocycles. The van der Waals surface area contributed by atoms with Gasteiger partial charge in [0.15, 0.2) is 11.6 Å². The molecule has 1 aromatic heterocycles. The van der Waals surface area contributed by atoms with Crippen LogP contribution >= 0.6 is 11.6 Å². The fourth-order valence-corrected chi connectivity index (χ4v) is 5.36. The standard InChI is InChI=1S/C33H20ClN3/c34-33-36-31(22-10-2-1-3-11-22)35-32(37-33)30-18-8-16-26-25(14-7-17-28(26)30)27-15-6-13-24-23-12-5-4-9-21(23)19-20-29(24)27/h1-20H. The zero-order valence-corrected chi connectivity index (χ0v) is 20.5. The highest BCUT2D eigenvalue weighted by atomic mass is 35.5. The summed E-state index contributed by atoms with van der Waals surface area (Å²) in [6.45, 7) is 0. The van der Waals surface area contributed by atoms with Crippen molar-refractivity contribution in [2.24, 2.45) is 0 Å². The molecule has 0 spiro atoms. The van der Waals surface area contributed by atoms with Crippen molar-refractivity contribution in [2.45, 2.75) is 0 Å². The quantitative estimate of drug-likeness (QED) is 0.230. The Hall–Kier alpha value is -4.60. The van der Waals surface area contributed by atoms with E-state index in [9.17, 15) is 0 Å². The van der Waals surface area contributed by atoms with Crippen molar-refractivity contribution < 1.29 is 0 Å². The Morgan fingerprint density at radius 3 is 1.73 bits per heavy atom. The summed E-state index contributed by atoms with van der Waals surface area (Å²) in [5.74, 6) is 1.12. The van der Waals surface area contributed by atoms with Gasteiger partial charge in [-0.25, -0.2) is 4.98 Å². The van der Waals surface area contributed by atoms with Gasteiger partial charge in [-0.05, 0) is 55.0 Å². The van der Waals surface area contributed by atoms with Gasteiger partial charge in [0, 0.05) is 11.1 Å². The van der Waals surface area contributed by atoms with Crippen LogP contribution in [-0.2, 0) is 0 Å². The Labute approximate surface area is 219 Å². The van der Waals surface area contributed by atoms with E-state index in [0.29, 0.717) is 11.6 Å². The van der Waals surface area contributed by atoms with E-state index in [1.807, 2.05) is 36.4 Å². The van der Waals surface area contributed by atoms with E-state index < -0.39 is 0 Å². The lowest BCUT2D eigenvalue weighted by Gasteiger charge is -2.14. The Bertz CT molecular complexity index is 1950. The molecule has 0 radical (unpaired) electrons. The molecule has 0 aliphatic rings. The fourth-order valence-electron chi connectivity index (χ4n) is 5.20. The van der Waals surface area contributed by atoms with Crippen LogP contribution in [0.2, 0.25) is 5.28 Å². The highest BCUT2D eigenvalue weighted by molar-refractivity contribution is 6.28. The molecular formula is C33H20ClN3. The lowest BCUT2D eigenvalue weighted by molar-refractivity contribution is 1.07. The van der Waals surface area contributed by atoms with Crippen LogP contribution in [0.4, 0.5) is 0 Å². The smallest absolute Gasteiger partial charge is 0.208 e. The molecule has 174 valence electrons. The molecule has 0 N–H and O–H groups in total. The molecule has 0 fully saturated rings. The van der Waals surface area contributed by atoms with E-state index in [-0.39, 0.29) is 5.28 Å². The lowest BCUT2D eigenvalue weighted by Crippen LogP contribution is -1.98. The summed E-state index contributed by atoms with van der Waals surface area (Å²) in [7, 11) is 0. The van der Waals surface area contributed by atoms with Crippen LogP contribution in [-0.4, -0.2) is 15.0 Å². The van der Waals surface area contributed by atoms with Gasteiger partial charge in [-0.15, -0.1) is 0 Å². The maximum Gasteiger partial charge on any atom is 0.226 e. The van der Waals surface area contributed by atoms with Gasteiger partial charge in [0.05, 0.1) is 0 Å². The third-order valence-electron chi connectivity index (χ3n) is 6.88. The minimum atomic E-state index is 0.179. The summed E-state index contributed by atoms with van der Waals surface area (Å²) in [6.07, 6.45) is 0. The van der Waals surface area contributed by atoms with Gasteiger partial charge in [-0.1, -0.05) is 121 Å². The van der Waals surface area contributed by atoms with Gasteiger partial charge in [0.1, 0.15) is 0 Å². The van der Waals surface area contributed by atoms with Crippen LogP contribution in [0.25, 0.3) is 66.2 Å². The topological polar surface area (TPSA) is 38.7 Å². The number of nitrogens with zero attached hydrogens (tertiary/aromatic N) is 3. The number of fused-ring (bicyclic) bond motifs is 4. The number of hydrogen-bond donors (Lipinski definition) is 0. The molecule has 37 heavy (non-hydrogen) atoms. The van der Waals surface area contributed by atoms with E-state index in [0.717, 1.165) is 21.9 Å². The number of rotatable bonds is 3. The predicted octanol–water partition coefficient (Wildman–Crippen LogP) is 8.99. The molecular weight excluding hydrogens is 474 g/mol. The SMILES string of the molecule is Clc1nc(-c2ccccc2)nc(-c2cccc3c(-c4cccc5c4ccc4ccccc45)cccc23)n1. The first kappa shape index (κ1) is 21.7. The summed E-state index contributed by atoms with van der Waals surface area (Å²) in [6, 6.07) is 42.0. The molecule has 0 unspecified atom stereocenters. The predicted molar refractivity (Wildman–Crippen MR) is 154 cm³/mol. The molecule has 4 heteroatoms. The van der Waals surface area contributed by atoms with E-state index in [1.54, 1.807) is 0 Å². The average Bonchev–Trinajstić information content (AvgIpc) is 2.96. The fraction of sp³-hybridized carbons (Fsp3) is 0. The largest absolute Gasteiger partial charge is 0.226 e. The molecule has 0 bridgehead atoms. The van der Waals surface area contributed by atoms with Crippen LogP contribution in [0.5, 0.6) is 0 Å². The maximum atomic E-state index is 6.38. The lowest BCUT2D eigenvalue weighted by atomic mass is 9.91. The van der Waals surface area contributed by atoms with Crippen molar-refractivity contribution in [1.82, 2.24) is 15.0 Å². The molecule has 6 aromatic carbocycles. The summed E-state index contributed by atoms with van der Waals surface area (Å²) in [5, 5.41) is 7.37. The highest BCUT2D eigenvalue weighted by Gasteiger charge is 2.15. The number of benzene rings is 6. The van der Waals surface area contributed by atoms with Crippen molar-refractivity contribution in [3.8, 4) is 33.9 Å². The second-order valence-electron chi connectivity index (χ2n) is 9.01. The minimum absolute atomic E-state index is 0.179. The van der Waals surface area contributed by atoms with Crippen LogP contribution in [0, 0.1) is 0 Å². The normalized spacial score (nSPS) is 11.4. The summed E-state index contributed by atoms with van der Waals surface area (Å²) >= 11 is 6.38. The maximum absolute atomic E-state index is 6.38. The molecule has 1 heterocycles. The first-order valence-corrected chi connectivity index (χ1v) is 12.5. The van der Waals surface area contributed by atoms with Crippen molar-refractivity contribution in [3.05, 3.63) is 127 Å². The third-order valence-corrected chi connectivity index (χ3v) is 7.05. The Morgan fingerprint density at radius 2 is 0.946 bits per heavy atom. The number of aromatic nitrogens is 3. The van der Waals surface area contributed by atoms with Gasteiger partial charge in [0.2, 0.25) is 5.28 Å². The van der Waals surface area contributed by atoms with Crippen molar-refractivity contribution >= 4 is 43.9 Å². The molecule has 3 nitrogen and oxygen atoms in total. The second-order valence-corrected chi connectivity index (χ2v) is 9.35. The van der Waals surface area contributed by atoms with Crippen LogP contribution < -0.4 is 0 Å². The van der Waals surface area contributed by atoms with E-state index in [1.165, 1.54) is 32.7 Å². The zero-order chi connectivity index (χ0) is 24.8. The van der Waals surface area contributed by atoms with Gasteiger partial charge < -0.3 is 0 Å². The molecule has 0 aliphatic carbocycles. The summed E-state index contributed by atoms with van der Waals surface area (Å²) in [5.41, 5.74) is 4.19. The molecule has 0 amide bonds. The highest BCUT2D eigenvalue weighted by Crippen LogP contribution is 2.38. The van der Waals surface area contributed by atoms with Gasteiger partial charge in [0.25, 0.3) is 0 Å². The van der Waals surface area contributed by atoms with Crippen molar-refractivity contribution in [2.75, 3.05) is 0 Å². The monoisotopic (exact) mass is 493 g/mol. The molecule has 7 rings (SSSR count). The van der Waals surface area contributed by atoms with Crippen molar-refractivity contribution in [3.63, 3.8) is 0 Å². The van der Waals surface area contributed by atoms with Crippen LogP contribution in [0.3, 0.4) is 0 Å². The molecule has 0 saturated carbocycles. The Morgan fingerprint density at radius 1 is 0.378 bits per heavy atom. The Balaban J connectivity index is 1.45. The average molecular weight is 494 g/mol. The first-order chi connectivity index (χ1) is 18.3. The first-order valence-electron chi connectivity index (χ1n) is 12.2. The minimum Gasteiger partial charge on any atom is -0.208 e. The van der Waals surface area contributed by atoms with Crippen molar-refractivity contribution in [1.29, 1.82) is 0 Å². The van der Waals surface area contributed by atoms with Gasteiger partial charge in [-0.3, -0.25) is 0 Å². The number of hydrogen-bond acceptors (Lipinski definition) is 3.